The lowest BCUT2D eigenvalue weighted by molar-refractivity contribution is -0.870. The smallest absolute Gasteiger partial charge is 0.306 e. The van der Waals surface area contributed by atoms with Crippen LogP contribution in [0.15, 0.2) is 122 Å². The lowest BCUT2D eigenvalue weighted by Gasteiger charge is -2.26. The van der Waals surface area contributed by atoms with Crippen LogP contribution in [0.5, 0.6) is 0 Å². The van der Waals surface area contributed by atoms with Gasteiger partial charge in [-0.2, -0.15) is 0 Å². The lowest BCUT2D eigenvalue weighted by Crippen LogP contribution is -2.44. The van der Waals surface area contributed by atoms with Crippen molar-refractivity contribution in [1.29, 1.82) is 0 Å². The quantitative estimate of drug-likeness (QED) is 0.0195. The molecule has 73 heavy (non-hydrogen) atoms. The predicted octanol–water partition coefficient (Wildman–Crippen LogP) is 15.6. The summed E-state index contributed by atoms with van der Waals surface area (Å²) in [7, 11) is 5.90. The van der Waals surface area contributed by atoms with E-state index in [1.807, 2.05) is 21.1 Å². The van der Waals surface area contributed by atoms with E-state index in [9.17, 15) is 19.5 Å². The molecule has 0 amide bonds. The number of quaternary nitrogens is 1. The Morgan fingerprint density at radius 3 is 1.16 bits per heavy atom. The first-order chi connectivity index (χ1) is 35.6. The van der Waals surface area contributed by atoms with Crippen LogP contribution in [0.1, 0.15) is 206 Å². The SMILES string of the molecule is CC/C=C\C/C=C\C/C=C\C/C=C\C/C=C\C/C=C\C/C=C\C/C=C\CCCCCCCCC(=O)OC(COC(=O)CCCCCCCCC/C=C\C/C=C\CCCCC)COC(OCC[N+](C)(C)C)C(=O)[O-]. The minimum Gasteiger partial charge on any atom is -0.545 e. The summed E-state index contributed by atoms with van der Waals surface area (Å²) in [5.41, 5.74) is 0. The molecule has 9 heteroatoms. The van der Waals surface area contributed by atoms with Crippen LogP contribution in [0, 0.1) is 0 Å². The number of hydrogen-bond acceptors (Lipinski definition) is 8. The molecule has 0 rings (SSSR count). The number of aliphatic carboxylic acids is 1. The van der Waals surface area contributed by atoms with E-state index in [0.717, 1.165) is 128 Å². The van der Waals surface area contributed by atoms with Gasteiger partial charge in [0.1, 0.15) is 13.2 Å². The standard InChI is InChI=1S/C64H105NO8/c1-6-8-10-12-14-16-18-20-22-24-25-26-27-28-29-30-31-32-33-34-35-36-37-39-41-43-45-47-49-51-53-55-62(67)73-60(59-72-64(63(68)69)70-57-56-65(3,4)5)58-71-61(66)54-52-50-48-46-44-42-40-38-23-21-19-17-15-13-11-9-7-2/h8,10,14-17,20-23,25-26,28-29,31-32,34-35,37,39,60,64H,6-7,9,11-13,18-19,24,27,30,33,36,38,40-59H2,1-5H3/b10-8-,16-14-,17-15-,22-20-,23-21-,26-25-,29-28-,32-31-,35-34-,39-37-. The van der Waals surface area contributed by atoms with Crippen molar-refractivity contribution < 1.29 is 42.9 Å². The van der Waals surface area contributed by atoms with Crippen LogP contribution in [0.25, 0.3) is 0 Å². The van der Waals surface area contributed by atoms with Gasteiger partial charge in [0, 0.05) is 12.8 Å². The van der Waals surface area contributed by atoms with E-state index >= 15 is 0 Å². The van der Waals surface area contributed by atoms with Gasteiger partial charge in [-0.1, -0.05) is 206 Å². The number of hydrogen-bond donors (Lipinski definition) is 0. The Kier molecular flexibility index (Phi) is 50.8. The van der Waals surface area contributed by atoms with Crippen LogP contribution in [-0.2, 0) is 33.3 Å². The number of carboxylic acid groups (broad SMARTS) is 1. The zero-order chi connectivity index (χ0) is 53.4. The average molecular weight is 1020 g/mol. The Morgan fingerprint density at radius 1 is 0.425 bits per heavy atom. The first-order valence-corrected chi connectivity index (χ1v) is 28.7. The molecule has 0 radical (unpaired) electrons. The minimum atomic E-state index is -1.64. The Bertz CT molecular complexity index is 1610. The highest BCUT2D eigenvalue weighted by Crippen LogP contribution is 2.14. The highest BCUT2D eigenvalue weighted by molar-refractivity contribution is 5.70. The first kappa shape index (κ1) is 68.7. The number of nitrogens with zero attached hydrogens (tertiary/aromatic N) is 1. The molecule has 0 aliphatic carbocycles. The molecule has 0 spiro atoms. The molecular formula is C64H105NO8. The van der Waals surface area contributed by atoms with Gasteiger partial charge in [0.05, 0.1) is 40.3 Å². The maximum Gasteiger partial charge on any atom is 0.306 e. The maximum atomic E-state index is 12.9. The van der Waals surface area contributed by atoms with Gasteiger partial charge in [-0.25, -0.2) is 0 Å². The topological polar surface area (TPSA) is 111 Å². The van der Waals surface area contributed by atoms with E-state index in [0.29, 0.717) is 17.4 Å². The molecule has 9 nitrogen and oxygen atoms in total. The number of ether oxygens (including phenoxy) is 4. The Labute approximate surface area is 447 Å². The Morgan fingerprint density at radius 2 is 0.781 bits per heavy atom. The molecule has 0 aromatic heterocycles. The van der Waals surface area contributed by atoms with E-state index in [1.54, 1.807) is 0 Å². The van der Waals surface area contributed by atoms with Gasteiger partial charge in [0.15, 0.2) is 12.4 Å². The van der Waals surface area contributed by atoms with Crippen molar-refractivity contribution in [3.05, 3.63) is 122 Å². The molecule has 0 N–H and O–H groups in total. The van der Waals surface area contributed by atoms with Crippen molar-refractivity contribution >= 4 is 17.9 Å². The number of allylic oxidation sites excluding steroid dienone is 20. The van der Waals surface area contributed by atoms with E-state index < -0.39 is 24.3 Å². The van der Waals surface area contributed by atoms with Crippen molar-refractivity contribution in [1.82, 2.24) is 0 Å². The molecule has 414 valence electrons. The maximum absolute atomic E-state index is 12.9. The molecule has 2 atom stereocenters. The molecule has 0 bridgehead atoms. The van der Waals surface area contributed by atoms with Crippen LogP contribution in [0.2, 0.25) is 0 Å². The van der Waals surface area contributed by atoms with Crippen molar-refractivity contribution in [2.45, 2.75) is 219 Å². The zero-order valence-electron chi connectivity index (χ0n) is 47.0. The molecule has 0 aliphatic heterocycles. The van der Waals surface area contributed by atoms with Gasteiger partial charge in [-0.15, -0.1) is 0 Å². The fourth-order valence-electron chi connectivity index (χ4n) is 7.29. The van der Waals surface area contributed by atoms with Crippen molar-refractivity contribution in [2.75, 3.05) is 47.5 Å². The normalized spacial score (nSPS) is 13.7. The van der Waals surface area contributed by atoms with Crippen molar-refractivity contribution in [3.8, 4) is 0 Å². The van der Waals surface area contributed by atoms with Gasteiger partial charge in [0.25, 0.3) is 0 Å². The van der Waals surface area contributed by atoms with E-state index in [4.69, 9.17) is 18.9 Å². The summed E-state index contributed by atoms with van der Waals surface area (Å²) in [6.07, 6.45) is 72.4. The number of carbonyl (C=O) groups is 3. The zero-order valence-corrected chi connectivity index (χ0v) is 47.0. The van der Waals surface area contributed by atoms with Crippen LogP contribution in [0.4, 0.5) is 0 Å². The van der Waals surface area contributed by atoms with Crippen LogP contribution < -0.4 is 5.11 Å². The molecule has 0 aromatic carbocycles. The number of rotatable bonds is 51. The second kappa shape index (κ2) is 54.0. The summed E-state index contributed by atoms with van der Waals surface area (Å²) < 4.78 is 22.6. The number of carboxylic acids is 1. The third-order valence-corrected chi connectivity index (χ3v) is 11.7. The molecular weight excluding hydrogens is 911 g/mol. The number of unbranched alkanes of at least 4 members (excludes halogenated alkanes) is 16. The summed E-state index contributed by atoms with van der Waals surface area (Å²) in [4.78, 5) is 37.3. The van der Waals surface area contributed by atoms with Gasteiger partial charge in [-0.05, 0) is 109 Å². The highest BCUT2D eigenvalue weighted by atomic mass is 16.7. The average Bonchev–Trinajstić information content (AvgIpc) is 3.36. The predicted molar refractivity (Wildman–Crippen MR) is 306 cm³/mol. The molecule has 0 fully saturated rings. The van der Waals surface area contributed by atoms with Crippen molar-refractivity contribution in [2.24, 2.45) is 0 Å². The summed E-state index contributed by atoms with van der Waals surface area (Å²) in [6, 6.07) is 0. The third kappa shape index (κ3) is 55.3. The van der Waals surface area contributed by atoms with Gasteiger partial charge in [-0.3, -0.25) is 9.59 Å². The Hall–Kier alpha value is -4.31. The van der Waals surface area contributed by atoms with Gasteiger partial charge >= 0.3 is 11.9 Å². The second-order valence-electron chi connectivity index (χ2n) is 19.8. The molecule has 0 aromatic rings. The largest absolute Gasteiger partial charge is 0.545 e. The fraction of sp³-hybridized carbons (Fsp3) is 0.641. The van der Waals surface area contributed by atoms with Crippen molar-refractivity contribution in [3.63, 3.8) is 0 Å². The van der Waals surface area contributed by atoms with Crippen LogP contribution >= 0.6 is 0 Å². The van der Waals surface area contributed by atoms with Gasteiger partial charge < -0.3 is 33.3 Å². The molecule has 0 saturated heterocycles. The summed E-state index contributed by atoms with van der Waals surface area (Å²) in [6.45, 7) is 4.56. The van der Waals surface area contributed by atoms with Crippen LogP contribution in [-0.4, -0.2) is 82.3 Å². The molecule has 2 unspecified atom stereocenters. The summed E-state index contributed by atoms with van der Waals surface area (Å²) in [5.74, 6) is -2.33. The molecule has 0 aliphatic rings. The molecule has 0 heterocycles. The number of carbonyl (C=O) groups excluding carboxylic acids is 3. The summed E-state index contributed by atoms with van der Waals surface area (Å²) >= 11 is 0. The third-order valence-electron chi connectivity index (χ3n) is 11.7. The second-order valence-corrected chi connectivity index (χ2v) is 19.8. The lowest BCUT2D eigenvalue weighted by atomic mass is 10.1. The molecule has 0 saturated carbocycles. The minimum absolute atomic E-state index is 0.136. The van der Waals surface area contributed by atoms with E-state index in [1.165, 1.54) is 44.9 Å². The Balaban J connectivity index is 4.32. The number of esters is 2. The highest BCUT2D eigenvalue weighted by Gasteiger charge is 2.22. The van der Waals surface area contributed by atoms with E-state index in [2.05, 4.69) is 135 Å². The summed E-state index contributed by atoms with van der Waals surface area (Å²) in [5, 5.41) is 11.8. The van der Waals surface area contributed by atoms with Crippen LogP contribution in [0.3, 0.4) is 0 Å². The number of likely N-dealkylation sites (N-methyl/N-ethyl adjacent to an activating group) is 1. The first-order valence-electron chi connectivity index (χ1n) is 28.7. The van der Waals surface area contributed by atoms with E-state index in [-0.39, 0.29) is 38.6 Å². The monoisotopic (exact) mass is 1020 g/mol. The fourth-order valence-corrected chi connectivity index (χ4v) is 7.29. The van der Waals surface area contributed by atoms with Gasteiger partial charge in [0.2, 0.25) is 0 Å².